The van der Waals surface area contributed by atoms with E-state index < -0.39 is 6.10 Å². The number of thioether (sulfide) groups is 1. The van der Waals surface area contributed by atoms with E-state index in [1.165, 1.54) is 11.5 Å². The SMILES string of the molecule is Cc1ccoc1C(O)C1CCOC2(CCSCC2)C1. The fourth-order valence-corrected chi connectivity index (χ4v) is 4.57. The number of aliphatic hydroxyl groups is 1. The summed E-state index contributed by atoms with van der Waals surface area (Å²) in [5, 5.41) is 10.6. The molecule has 0 bridgehead atoms. The molecule has 0 aliphatic carbocycles. The van der Waals surface area contributed by atoms with Crippen LogP contribution < -0.4 is 0 Å². The first-order valence-corrected chi connectivity index (χ1v) is 8.29. The standard InChI is InChI=1S/C15H22O3S/c1-11-2-6-17-14(11)13(16)12-3-7-18-15(10-12)4-8-19-9-5-15/h2,6,12-13,16H,3-5,7-10H2,1H3. The van der Waals surface area contributed by atoms with Crippen molar-refractivity contribution in [3.8, 4) is 0 Å². The van der Waals surface area contributed by atoms with Crippen LogP contribution in [0, 0.1) is 12.8 Å². The van der Waals surface area contributed by atoms with Crippen LogP contribution >= 0.6 is 11.8 Å². The molecule has 0 saturated carbocycles. The number of ether oxygens (including phenoxy) is 1. The summed E-state index contributed by atoms with van der Waals surface area (Å²) < 4.78 is 11.5. The number of aryl methyl sites for hydroxylation is 1. The van der Waals surface area contributed by atoms with Gasteiger partial charge in [-0.15, -0.1) is 0 Å². The van der Waals surface area contributed by atoms with E-state index in [9.17, 15) is 5.11 Å². The average Bonchev–Trinajstić information content (AvgIpc) is 2.85. The highest BCUT2D eigenvalue weighted by Crippen LogP contribution is 2.43. The summed E-state index contributed by atoms with van der Waals surface area (Å²) in [6, 6.07) is 1.92. The second-order valence-corrected chi connectivity index (χ2v) is 7.03. The molecule has 3 nitrogen and oxygen atoms in total. The lowest BCUT2D eigenvalue weighted by atomic mass is 9.78. The molecule has 2 aliphatic rings. The summed E-state index contributed by atoms with van der Waals surface area (Å²) in [6.45, 7) is 2.76. The van der Waals surface area contributed by atoms with Gasteiger partial charge in [-0.25, -0.2) is 0 Å². The average molecular weight is 282 g/mol. The van der Waals surface area contributed by atoms with Crippen LogP contribution in [0.5, 0.6) is 0 Å². The Kier molecular flexibility index (Phi) is 3.92. The van der Waals surface area contributed by atoms with Crippen molar-refractivity contribution in [3.63, 3.8) is 0 Å². The van der Waals surface area contributed by atoms with Crippen LogP contribution in [-0.2, 0) is 4.74 Å². The van der Waals surface area contributed by atoms with Gasteiger partial charge in [0, 0.05) is 6.61 Å². The number of hydrogen-bond acceptors (Lipinski definition) is 4. The quantitative estimate of drug-likeness (QED) is 0.903. The molecular weight excluding hydrogens is 260 g/mol. The van der Waals surface area contributed by atoms with Crippen LogP contribution in [0.3, 0.4) is 0 Å². The molecule has 2 aliphatic heterocycles. The molecule has 2 fully saturated rings. The van der Waals surface area contributed by atoms with Gasteiger partial charge in [0.1, 0.15) is 11.9 Å². The number of hydrogen-bond donors (Lipinski definition) is 1. The maximum absolute atomic E-state index is 10.6. The molecule has 0 radical (unpaired) electrons. The van der Waals surface area contributed by atoms with Crippen LogP contribution in [0.2, 0.25) is 0 Å². The summed E-state index contributed by atoms with van der Waals surface area (Å²) in [5.41, 5.74) is 1.07. The molecule has 2 atom stereocenters. The normalized spacial score (nSPS) is 28.4. The zero-order valence-corrected chi connectivity index (χ0v) is 12.2. The van der Waals surface area contributed by atoms with Crippen molar-refractivity contribution in [2.45, 2.75) is 44.3 Å². The molecule has 0 aromatic carbocycles. The predicted molar refractivity (Wildman–Crippen MR) is 76.4 cm³/mol. The third-order valence-corrected chi connectivity index (χ3v) is 5.54. The monoisotopic (exact) mass is 282 g/mol. The van der Waals surface area contributed by atoms with E-state index in [2.05, 4.69) is 0 Å². The van der Waals surface area contributed by atoms with Gasteiger partial charge in [0.15, 0.2) is 0 Å². The van der Waals surface area contributed by atoms with Crippen LogP contribution in [0.4, 0.5) is 0 Å². The highest BCUT2D eigenvalue weighted by molar-refractivity contribution is 7.99. The molecule has 1 spiro atoms. The number of rotatable bonds is 2. The molecule has 2 unspecified atom stereocenters. The van der Waals surface area contributed by atoms with E-state index in [4.69, 9.17) is 9.15 Å². The van der Waals surface area contributed by atoms with Crippen LogP contribution in [0.1, 0.15) is 43.1 Å². The maximum Gasteiger partial charge on any atom is 0.135 e. The van der Waals surface area contributed by atoms with Crippen molar-refractivity contribution >= 4 is 11.8 Å². The molecule has 4 heteroatoms. The minimum atomic E-state index is -0.481. The topological polar surface area (TPSA) is 42.6 Å². The van der Waals surface area contributed by atoms with Gasteiger partial charge in [0.05, 0.1) is 11.9 Å². The Morgan fingerprint density at radius 2 is 2.21 bits per heavy atom. The lowest BCUT2D eigenvalue weighted by molar-refractivity contribution is -0.123. The van der Waals surface area contributed by atoms with E-state index >= 15 is 0 Å². The molecule has 1 aromatic rings. The van der Waals surface area contributed by atoms with Crippen molar-refractivity contribution in [3.05, 3.63) is 23.7 Å². The van der Waals surface area contributed by atoms with E-state index in [0.29, 0.717) is 0 Å². The van der Waals surface area contributed by atoms with Crippen molar-refractivity contribution in [1.82, 2.24) is 0 Å². The van der Waals surface area contributed by atoms with Crippen molar-refractivity contribution < 1.29 is 14.3 Å². The zero-order valence-electron chi connectivity index (χ0n) is 11.4. The Balaban J connectivity index is 1.72. The summed E-state index contributed by atoms with van der Waals surface area (Å²) >= 11 is 2.01. The molecule has 2 saturated heterocycles. The van der Waals surface area contributed by atoms with Gasteiger partial charge >= 0.3 is 0 Å². The summed E-state index contributed by atoms with van der Waals surface area (Å²) in [7, 11) is 0. The Morgan fingerprint density at radius 1 is 1.42 bits per heavy atom. The Bertz CT molecular complexity index is 417. The van der Waals surface area contributed by atoms with Crippen molar-refractivity contribution in [2.24, 2.45) is 5.92 Å². The molecular formula is C15H22O3S. The second-order valence-electron chi connectivity index (χ2n) is 5.81. The number of aliphatic hydroxyl groups excluding tert-OH is 1. The Morgan fingerprint density at radius 3 is 2.89 bits per heavy atom. The first-order valence-electron chi connectivity index (χ1n) is 7.14. The first kappa shape index (κ1) is 13.5. The lowest BCUT2D eigenvalue weighted by Gasteiger charge is -2.44. The smallest absolute Gasteiger partial charge is 0.135 e. The molecule has 1 aromatic heterocycles. The van der Waals surface area contributed by atoms with Gasteiger partial charge in [-0.1, -0.05) is 0 Å². The Hall–Kier alpha value is -0.450. The molecule has 19 heavy (non-hydrogen) atoms. The van der Waals surface area contributed by atoms with Gasteiger partial charge in [-0.3, -0.25) is 0 Å². The molecule has 1 N–H and O–H groups in total. The van der Waals surface area contributed by atoms with Gasteiger partial charge < -0.3 is 14.3 Å². The van der Waals surface area contributed by atoms with Crippen molar-refractivity contribution in [1.29, 1.82) is 0 Å². The van der Waals surface area contributed by atoms with Gasteiger partial charge in [0.2, 0.25) is 0 Å². The highest BCUT2D eigenvalue weighted by Gasteiger charge is 2.41. The summed E-state index contributed by atoms with van der Waals surface area (Å²) in [4.78, 5) is 0. The third-order valence-electron chi connectivity index (χ3n) is 4.55. The fourth-order valence-electron chi connectivity index (χ4n) is 3.33. The zero-order chi connectivity index (χ0) is 13.3. The summed E-state index contributed by atoms with van der Waals surface area (Å²) in [6.07, 6.45) is 5.33. The first-order chi connectivity index (χ1) is 9.20. The molecule has 0 amide bonds. The van der Waals surface area contributed by atoms with E-state index in [-0.39, 0.29) is 11.5 Å². The van der Waals surface area contributed by atoms with Gasteiger partial charge in [-0.2, -0.15) is 11.8 Å². The van der Waals surface area contributed by atoms with E-state index in [1.807, 2.05) is 24.8 Å². The molecule has 3 rings (SSSR count). The fraction of sp³-hybridized carbons (Fsp3) is 0.733. The second kappa shape index (κ2) is 5.51. The summed E-state index contributed by atoms with van der Waals surface area (Å²) in [5.74, 6) is 3.37. The molecule has 3 heterocycles. The van der Waals surface area contributed by atoms with Crippen molar-refractivity contribution in [2.75, 3.05) is 18.1 Å². The largest absolute Gasteiger partial charge is 0.466 e. The van der Waals surface area contributed by atoms with E-state index in [1.54, 1.807) is 6.26 Å². The van der Waals surface area contributed by atoms with E-state index in [0.717, 1.165) is 43.6 Å². The maximum atomic E-state index is 10.6. The van der Waals surface area contributed by atoms with Crippen LogP contribution in [0.25, 0.3) is 0 Å². The van der Waals surface area contributed by atoms with Gasteiger partial charge in [0.25, 0.3) is 0 Å². The highest BCUT2D eigenvalue weighted by atomic mass is 32.2. The number of furan rings is 1. The van der Waals surface area contributed by atoms with Crippen LogP contribution in [0.15, 0.2) is 16.7 Å². The Labute approximate surface area is 118 Å². The predicted octanol–water partition coefficient (Wildman–Crippen LogP) is 3.31. The minimum absolute atomic E-state index is 0.0235. The van der Waals surface area contributed by atoms with Gasteiger partial charge in [-0.05, 0) is 61.7 Å². The lowest BCUT2D eigenvalue weighted by Crippen LogP contribution is -2.44. The van der Waals surface area contributed by atoms with Crippen LogP contribution in [-0.4, -0.2) is 28.8 Å². The minimum Gasteiger partial charge on any atom is -0.466 e. The molecule has 106 valence electrons. The third kappa shape index (κ3) is 2.71.